The van der Waals surface area contributed by atoms with Gasteiger partial charge in [0, 0.05) is 11.6 Å². The molecule has 130 valence electrons. The lowest BCUT2D eigenvalue weighted by atomic mass is 10.2. The largest absolute Gasteiger partial charge is 0.330 e. The Morgan fingerprint density at radius 3 is 2.46 bits per heavy atom. The van der Waals surface area contributed by atoms with E-state index in [0.29, 0.717) is 28.6 Å². The summed E-state index contributed by atoms with van der Waals surface area (Å²) >= 11 is 6.04. The predicted molar refractivity (Wildman–Crippen MR) is 102 cm³/mol. The Morgan fingerprint density at radius 2 is 1.79 bits per heavy atom. The molecular formula is C16H19Cl2N3O2S. The summed E-state index contributed by atoms with van der Waals surface area (Å²) < 4.78 is 28.9. The number of nitrogens with zero attached hydrogens (tertiary/aromatic N) is 2. The second kappa shape index (κ2) is 7.61. The summed E-state index contributed by atoms with van der Waals surface area (Å²) in [6.45, 7) is 1.18. The molecule has 0 saturated carbocycles. The second-order valence-electron chi connectivity index (χ2n) is 5.27. The Labute approximate surface area is 153 Å². The Kier molecular flexibility index (Phi) is 5.98. The molecule has 0 spiro atoms. The van der Waals surface area contributed by atoms with Gasteiger partial charge in [-0.1, -0.05) is 29.8 Å². The highest BCUT2D eigenvalue weighted by Crippen LogP contribution is 2.45. The summed E-state index contributed by atoms with van der Waals surface area (Å²) in [5.41, 5.74) is 1.89. The van der Waals surface area contributed by atoms with Crippen LogP contribution in [0.4, 0.5) is 17.1 Å². The highest BCUT2D eigenvalue weighted by molar-refractivity contribution is 7.95. The molecule has 2 aromatic carbocycles. The molecule has 24 heavy (non-hydrogen) atoms. The lowest BCUT2D eigenvalue weighted by Crippen LogP contribution is -2.36. The van der Waals surface area contributed by atoms with Gasteiger partial charge >= 0.3 is 10.2 Å². The maximum Gasteiger partial charge on any atom is 0.330 e. The third-order valence-corrected chi connectivity index (χ3v) is 5.75. The average Bonchev–Trinajstić information content (AvgIpc) is 2.74. The normalized spacial score (nSPS) is 15.1. The van der Waals surface area contributed by atoms with Crippen molar-refractivity contribution in [3.8, 4) is 0 Å². The minimum Gasteiger partial charge on any atom is -0.320 e. The molecule has 8 heteroatoms. The molecule has 0 atom stereocenters. The van der Waals surface area contributed by atoms with Crippen molar-refractivity contribution < 1.29 is 8.42 Å². The SMILES string of the molecule is CNCCCN1c2ccccc2N(c2cccc(Cl)c2)S1(=O)=O.Cl. The molecule has 1 aliphatic heterocycles. The van der Waals surface area contributed by atoms with Gasteiger partial charge in [0.05, 0.1) is 17.1 Å². The molecule has 3 rings (SSSR count). The van der Waals surface area contributed by atoms with E-state index in [1.165, 1.54) is 8.61 Å². The van der Waals surface area contributed by atoms with Crippen molar-refractivity contribution in [2.24, 2.45) is 0 Å². The lowest BCUT2D eigenvalue weighted by molar-refractivity contribution is 0.591. The van der Waals surface area contributed by atoms with Gasteiger partial charge < -0.3 is 5.32 Å². The molecule has 0 radical (unpaired) electrons. The fraction of sp³-hybridized carbons (Fsp3) is 0.250. The molecule has 0 aromatic heterocycles. The van der Waals surface area contributed by atoms with E-state index in [9.17, 15) is 8.42 Å². The molecule has 1 N–H and O–H groups in total. The van der Waals surface area contributed by atoms with Crippen LogP contribution in [0.15, 0.2) is 48.5 Å². The third-order valence-electron chi connectivity index (χ3n) is 3.71. The van der Waals surface area contributed by atoms with Crippen LogP contribution in [0.3, 0.4) is 0 Å². The number of halogens is 2. The number of benzene rings is 2. The standard InChI is InChI=1S/C16H18ClN3O2S.ClH/c1-18-10-5-11-19-15-8-2-3-9-16(15)20(23(19,21)22)14-7-4-6-13(17)12-14;/h2-4,6-9,12,18H,5,10-11H2,1H3;1H. The Bertz CT molecular complexity index is 814. The fourth-order valence-electron chi connectivity index (χ4n) is 2.70. The van der Waals surface area contributed by atoms with E-state index >= 15 is 0 Å². The number of nitrogens with one attached hydrogen (secondary N) is 1. The molecule has 5 nitrogen and oxygen atoms in total. The van der Waals surface area contributed by atoms with Crippen molar-refractivity contribution in [2.75, 3.05) is 28.7 Å². The van der Waals surface area contributed by atoms with Gasteiger partial charge in [0.1, 0.15) is 0 Å². The van der Waals surface area contributed by atoms with E-state index in [4.69, 9.17) is 11.6 Å². The molecule has 0 bridgehead atoms. The molecule has 0 fully saturated rings. The summed E-state index contributed by atoms with van der Waals surface area (Å²) in [5, 5.41) is 3.54. The van der Waals surface area contributed by atoms with E-state index in [-0.39, 0.29) is 12.4 Å². The summed E-state index contributed by atoms with van der Waals surface area (Å²) in [6, 6.07) is 14.2. The zero-order valence-electron chi connectivity index (χ0n) is 13.1. The second-order valence-corrected chi connectivity index (χ2v) is 7.41. The topological polar surface area (TPSA) is 52.6 Å². The van der Waals surface area contributed by atoms with Crippen molar-refractivity contribution in [1.29, 1.82) is 0 Å². The first-order valence-corrected chi connectivity index (χ1v) is 9.15. The van der Waals surface area contributed by atoms with Crippen molar-refractivity contribution in [1.82, 2.24) is 5.32 Å². The number of hydrogen-bond acceptors (Lipinski definition) is 3. The molecule has 0 aliphatic carbocycles. The first-order chi connectivity index (χ1) is 11.1. The van der Waals surface area contributed by atoms with Crippen LogP contribution in [-0.2, 0) is 10.2 Å². The van der Waals surface area contributed by atoms with Gasteiger partial charge in [-0.25, -0.2) is 4.31 Å². The monoisotopic (exact) mass is 387 g/mol. The molecule has 1 heterocycles. The van der Waals surface area contributed by atoms with Crippen LogP contribution in [-0.4, -0.2) is 28.6 Å². The summed E-state index contributed by atoms with van der Waals surface area (Å²) in [4.78, 5) is 0. The van der Waals surface area contributed by atoms with Crippen LogP contribution >= 0.6 is 24.0 Å². The zero-order chi connectivity index (χ0) is 16.4. The molecule has 0 saturated heterocycles. The van der Waals surface area contributed by atoms with E-state index in [2.05, 4.69) is 5.32 Å². The highest BCUT2D eigenvalue weighted by atomic mass is 35.5. The molecule has 2 aromatic rings. The first kappa shape index (κ1) is 18.9. The van der Waals surface area contributed by atoms with Gasteiger partial charge in [-0.2, -0.15) is 8.42 Å². The van der Waals surface area contributed by atoms with E-state index in [1.54, 1.807) is 24.3 Å². The highest BCUT2D eigenvalue weighted by Gasteiger charge is 2.40. The van der Waals surface area contributed by atoms with Crippen LogP contribution in [0.25, 0.3) is 0 Å². The number of fused-ring (bicyclic) bond motifs is 1. The van der Waals surface area contributed by atoms with Crippen LogP contribution in [0.2, 0.25) is 5.02 Å². The first-order valence-electron chi connectivity index (χ1n) is 7.38. The van der Waals surface area contributed by atoms with Gasteiger partial charge in [0.25, 0.3) is 0 Å². The van der Waals surface area contributed by atoms with Crippen molar-refractivity contribution in [3.05, 3.63) is 53.6 Å². The van der Waals surface area contributed by atoms with Gasteiger partial charge in [-0.3, -0.25) is 4.31 Å². The Morgan fingerprint density at radius 1 is 1.08 bits per heavy atom. The van der Waals surface area contributed by atoms with Gasteiger partial charge in [0.2, 0.25) is 0 Å². The predicted octanol–water partition coefficient (Wildman–Crippen LogP) is 3.57. The molecule has 0 unspecified atom stereocenters. The van der Waals surface area contributed by atoms with Crippen LogP contribution in [0, 0.1) is 0 Å². The Balaban J connectivity index is 0.00000208. The summed E-state index contributed by atoms with van der Waals surface area (Å²) in [6.07, 6.45) is 0.730. The fourth-order valence-corrected chi connectivity index (χ4v) is 4.63. The van der Waals surface area contributed by atoms with E-state index < -0.39 is 10.2 Å². The smallest absolute Gasteiger partial charge is 0.320 e. The van der Waals surface area contributed by atoms with Crippen LogP contribution in [0.1, 0.15) is 6.42 Å². The van der Waals surface area contributed by atoms with E-state index in [1.807, 2.05) is 31.3 Å². The third kappa shape index (κ3) is 3.32. The van der Waals surface area contributed by atoms with Crippen molar-refractivity contribution in [2.45, 2.75) is 6.42 Å². The average molecular weight is 388 g/mol. The van der Waals surface area contributed by atoms with Crippen LogP contribution < -0.4 is 13.9 Å². The minimum absolute atomic E-state index is 0. The number of hydrogen-bond donors (Lipinski definition) is 1. The maximum atomic E-state index is 13.0. The number of anilines is 3. The van der Waals surface area contributed by atoms with Crippen molar-refractivity contribution in [3.63, 3.8) is 0 Å². The van der Waals surface area contributed by atoms with Crippen LogP contribution in [0.5, 0.6) is 0 Å². The minimum atomic E-state index is -3.66. The van der Waals surface area contributed by atoms with Gasteiger partial charge in [-0.05, 0) is 50.3 Å². The Hall–Kier alpha value is -1.47. The van der Waals surface area contributed by atoms with Gasteiger partial charge in [0.15, 0.2) is 0 Å². The molecule has 1 aliphatic rings. The number of para-hydroxylation sites is 2. The molecular weight excluding hydrogens is 369 g/mol. The van der Waals surface area contributed by atoms with Crippen molar-refractivity contribution >= 4 is 51.3 Å². The quantitative estimate of drug-likeness (QED) is 0.797. The maximum absolute atomic E-state index is 13.0. The van der Waals surface area contributed by atoms with Gasteiger partial charge in [-0.15, -0.1) is 12.4 Å². The lowest BCUT2D eigenvalue weighted by Gasteiger charge is -2.22. The summed E-state index contributed by atoms with van der Waals surface area (Å²) in [5.74, 6) is 0. The summed E-state index contributed by atoms with van der Waals surface area (Å²) in [7, 11) is -1.81. The zero-order valence-corrected chi connectivity index (χ0v) is 15.5. The number of rotatable bonds is 5. The molecule has 0 amide bonds. The van der Waals surface area contributed by atoms with E-state index in [0.717, 1.165) is 13.0 Å².